The molecule has 120 valence electrons. The molecule has 3 rings (SSSR count). The van der Waals surface area contributed by atoms with Gasteiger partial charge in [-0.3, -0.25) is 4.79 Å². The quantitative estimate of drug-likeness (QED) is 0.834. The van der Waals surface area contributed by atoms with E-state index in [1.807, 2.05) is 0 Å². The van der Waals surface area contributed by atoms with Crippen LogP contribution in [0.15, 0.2) is 0 Å². The van der Waals surface area contributed by atoms with E-state index in [0.29, 0.717) is 17.5 Å². The van der Waals surface area contributed by atoms with E-state index in [2.05, 4.69) is 24.1 Å². The van der Waals surface area contributed by atoms with Gasteiger partial charge in [0.05, 0.1) is 5.54 Å². The van der Waals surface area contributed by atoms with Crippen LogP contribution in [0.4, 0.5) is 0 Å². The van der Waals surface area contributed by atoms with E-state index in [-0.39, 0.29) is 5.91 Å². The van der Waals surface area contributed by atoms with E-state index >= 15 is 0 Å². The van der Waals surface area contributed by atoms with Crippen molar-refractivity contribution in [3.63, 3.8) is 0 Å². The van der Waals surface area contributed by atoms with Crippen molar-refractivity contribution >= 4 is 5.91 Å². The molecule has 0 radical (unpaired) electrons. The summed E-state index contributed by atoms with van der Waals surface area (Å²) < 4.78 is 0. The number of carbonyl (C=O) groups excluding carboxylic acids is 1. The van der Waals surface area contributed by atoms with Gasteiger partial charge >= 0.3 is 0 Å². The zero-order valence-electron chi connectivity index (χ0n) is 13.7. The number of likely N-dealkylation sites (tertiary alicyclic amines) is 1. The fourth-order valence-corrected chi connectivity index (χ4v) is 4.18. The number of hydrogen-bond donors (Lipinski definition) is 2. The summed E-state index contributed by atoms with van der Waals surface area (Å²) in [5.74, 6) is -0.132. The summed E-state index contributed by atoms with van der Waals surface area (Å²) in [5, 5.41) is 3.57. The molecule has 0 aromatic heterocycles. The minimum absolute atomic E-state index is 0.132. The van der Waals surface area contributed by atoms with Crippen molar-refractivity contribution in [2.24, 2.45) is 11.1 Å². The molecule has 4 heteroatoms. The van der Waals surface area contributed by atoms with Crippen LogP contribution in [0.3, 0.4) is 0 Å². The Labute approximate surface area is 128 Å². The Morgan fingerprint density at radius 3 is 2.57 bits per heavy atom. The lowest BCUT2D eigenvalue weighted by molar-refractivity contribution is -0.124. The van der Waals surface area contributed by atoms with Gasteiger partial charge in [-0.15, -0.1) is 0 Å². The fourth-order valence-electron chi connectivity index (χ4n) is 4.18. The molecule has 1 aliphatic heterocycles. The minimum Gasteiger partial charge on any atom is -0.368 e. The van der Waals surface area contributed by atoms with Crippen molar-refractivity contribution in [2.45, 2.75) is 82.8 Å². The zero-order valence-corrected chi connectivity index (χ0v) is 13.7. The molecule has 1 heterocycles. The molecule has 0 spiro atoms. The van der Waals surface area contributed by atoms with Gasteiger partial charge in [0.25, 0.3) is 0 Å². The van der Waals surface area contributed by atoms with Crippen LogP contribution in [0.25, 0.3) is 0 Å². The summed E-state index contributed by atoms with van der Waals surface area (Å²) in [5.41, 5.74) is 5.80. The van der Waals surface area contributed by atoms with E-state index < -0.39 is 5.54 Å². The highest BCUT2D eigenvalue weighted by molar-refractivity contribution is 5.85. The Morgan fingerprint density at radius 1 is 1.14 bits per heavy atom. The van der Waals surface area contributed by atoms with Crippen LogP contribution in [0.5, 0.6) is 0 Å². The largest absolute Gasteiger partial charge is 0.368 e. The summed E-state index contributed by atoms with van der Waals surface area (Å²) in [6, 6.07) is 1.08. The first-order valence-electron chi connectivity index (χ1n) is 8.72. The highest BCUT2D eigenvalue weighted by atomic mass is 16.1. The van der Waals surface area contributed by atoms with Gasteiger partial charge in [0.2, 0.25) is 5.91 Å². The third-order valence-corrected chi connectivity index (χ3v) is 5.91. The third kappa shape index (κ3) is 3.42. The van der Waals surface area contributed by atoms with Crippen molar-refractivity contribution in [1.29, 1.82) is 0 Å². The van der Waals surface area contributed by atoms with Crippen LogP contribution >= 0.6 is 0 Å². The maximum absolute atomic E-state index is 12.0. The number of rotatable bonds is 4. The first-order chi connectivity index (χ1) is 9.90. The van der Waals surface area contributed by atoms with Crippen LogP contribution in [0.2, 0.25) is 0 Å². The molecule has 0 aromatic carbocycles. The Kier molecular flexibility index (Phi) is 4.04. The van der Waals surface area contributed by atoms with Crippen LogP contribution in [-0.2, 0) is 4.79 Å². The van der Waals surface area contributed by atoms with Gasteiger partial charge in [0.1, 0.15) is 0 Å². The summed E-state index contributed by atoms with van der Waals surface area (Å²) in [4.78, 5) is 14.7. The van der Waals surface area contributed by atoms with Crippen molar-refractivity contribution in [1.82, 2.24) is 10.2 Å². The molecule has 2 atom stereocenters. The monoisotopic (exact) mass is 293 g/mol. The molecule has 1 saturated heterocycles. The molecular formula is C17H31N3O. The molecule has 1 amide bonds. The number of nitrogens with one attached hydrogen (secondary N) is 1. The smallest absolute Gasteiger partial charge is 0.237 e. The van der Waals surface area contributed by atoms with E-state index in [1.54, 1.807) is 0 Å². The van der Waals surface area contributed by atoms with Crippen molar-refractivity contribution in [2.75, 3.05) is 13.1 Å². The first kappa shape index (κ1) is 15.3. The lowest BCUT2D eigenvalue weighted by Gasteiger charge is -2.31. The number of hydrogen-bond acceptors (Lipinski definition) is 3. The van der Waals surface area contributed by atoms with Crippen molar-refractivity contribution in [3.8, 4) is 0 Å². The molecule has 3 fully saturated rings. The van der Waals surface area contributed by atoms with Crippen molar-refractivity contribution in [3.05, 3.63) is 0 Å². The van der Waals surface area contributed by atoms with E-state index in [4.69, 9.17) is 5.73 Å². The van der Waals surface area contributed by atoms with Crippen LogP contribution < -0.4 is 11.1 Å². The average molecular weight is 293 g/mol. The number of primary amides is 1. The average Bonchev–Trinajstić information content (AvgIpc) is 3.13. The number of nitrogens with zero attached hydrogens (tertiary/aromatic N) is 1. The Bertz CT molecular complexity index is 405. The normalized spacial score (nSPS) is 37.3. The highest BCUT2D eigenvalue weighted by Crippen LogP contribution is 2.38. The molecule has 2 aliphatic carbocycles. The predicted molar refractivity (Wildman–Crippen MR) is 84.9 cm³/mol. The maximum Gasteiger partial charge on any atom is 0.237 e. The second kappa shape index (κ2) is 5.54. The third-order valence-electron chi connectivity index (χ3n) is 5.91. The van der Waals surface area contributed by atoms with Gasteiger partial charge in [-0.05, 0) is 69.9 Å². The second-order valence-electron chi connectivity index (χ2n) is 8.32. The molecular weight excluding hydrogens is 262 g/mol. The topological polar surface area (TPSA) is 58.4 Å². The minimum atomic E-state index is -0.423. The SMILES string of the molecule is CC1(C)CCCN(C2CCC(NC3CC3)(C(N)=O)C2)CC1. The Morgan fingerprint density at radius 2 is 1.90 bits per heavy atom. The molecule has 0 aromatic rings. The van der Waals surface area contributed by atoms with E-state index in [1.165, 1.54) is 45.2 Å². The summed E-state index contributed by atoms with van der Waals surface area (Å²) in [6.07, 6.45) is 9.23. The molecule has 4 nitrogen and oxygen atoms in total. The highest BCUT2D eigenvalue weighted by Gasteiger charge is 2.48. The zero-order chi connectivity index (χ0) is 15.1. The van der Waals surface area contributed by atoms with Gasteiger partial charge in [-0.2, -0.15) is 0 Å². The number of amides is 1. The lowest BCUT2D eigenvalue weighted by atomic mass is 9.85. The van der Waals surface area contributed by atoms with Crippen LogP contribution in [-0.4, -0.2) is 41.5 Å². The van der Waals surface area contributed by atoms with Gasteiger partial charge in [0, 0.05) is 12.1 Å². The number of nitrogens with two attached hydrogens (primary N) is 1. The van der Waals surface area contributed by atoms with Crippen LogP contribution in [0, 0.1) is 5.41 Å². The second-order valence-corrected chi connectivity index (χ2v) is 8.32. The summed E-state index contributed by atoms with van der Waals surface area (Å²) in [7, 11) is 0. The fraction of sp³-hybridized carbons (Fsp3) is 0.941. The van der Waals surface area contributed by atoms with E-state index in [9.17, 15) is 4.79 Å². The number of carbonyl (C=O) groups is 1. The standard InChI is InChI=1S/C17H31N3O/c1-16(2)7-3-10-20(11-9-16)14-6-8-17(12-14,15(18)21)19-13-4-5-13/h13-14,19H,3-12H2,1-2H3,(H2,18,21). The molecule has 2 saturated carbocycles. The Hall–Kier alpha value is -0.610. The molecule has 3 N–H and O–H groups in total. The van der Waals surface area contributed by atoms with Gasteiger partial charge in [-0.25, -0.2) is 0 Å². The van der Waals surface area contributed by atoms with Gasteiger partial charge < -0.3 is 16.0 Å². The van der Waals surface area contributed by atoms with Crippen molar-refractivity contribution < 1.29 is 4.79 Å². The van der Waals surface area contributed by atoms with Gasteiger partial charge in [0.15, 0.2) is 0 Å². The predicted octanol–water partition coefficient (Wildman–Crippen LogP) is 2.03. The molecule has 21 heavy (non-hydrogen) atoms. The molecule has 3 aliphatic rings. The molecule has 2 unspecified atom stereocenters. The Balaban J connectivity index is 1.63. The first-order valence-corrected chi connectivity index (χ1v) is 8.72. The maximum atomic E-state index is 12.0. The summed E-state index contributed by atoms with van der Waals surface area (Å²) >= 11 is 0. The summed E-state index contributed by atoms with van der Waals surface area (Å²) in [6.45, 7) is 7.13. The van der Waals surface area contributed by atoms with Gasteiger partial charge in [-0.1, -0.05) is 13.8 Å². The lowest BCUT2D eigenvalue weighted by Crippen LogP contribution is -2.55. The molecule has 0 bridgehead atoms. The van der Waals surface area contributed by atoms with E-state index in [0.717, 1.165) is 19.3 Å². The van der Waals surface area contributed by atoms with Crippen LogP contribution in [0.1, 0.15) is 65.2 Å².